The van der Waals surface area contributed by atoms with E-state index in [1.807, 2.05) is 48.5 Å². The zero-order valence-electron chi connectivity index (χ0n) is 10.8. The summed E-state index contributed by atoms with van der Waals surface area (Å²) in [5.74, 6) is -0.0546. The number of para-hydroxylation sites is 1. The zero-order chi connectivity index (χ0) is 14.4. The largest absolute Gasteiger partial charge is 0.380 e. The Balaban J connectivity index is 2.06. The van der Waals surface area contributed by atoms with Gasteiger partial charge < -0.3 is 11.1 Å². The summed E-state index contributed by atoms with van der Waals surface area (Å²) < 4.78 is 0. The summed E-state index contributed by atoms with van der Waals surface area (Å²) in [6.45, 7) is 0.633. The zero-order valence-corrected chi connectivity index (χ0v) is 12.4. The van der Waals surface area contributed by atoms with Crippen LogP contribution in [0.5, 0.6) is 0 Å². The predicted octanol–water partition coefficient (Wildman–Crippen LogP) is 3.53. The Kier molecular flexibility index (Phi) is 5.32. The van der Waals surface area contributed by atoms with Crippen molar-refractivity contribution in [3.8, 4) is 0 Å². The van der Waals surface area contributed by atoms with Crippen LogP contribution in [0.4, 0.5) is 5.69 Å². The Labute approximate surface area is 127 Å². The summed E-state index contributed by atoms with van der Waals surface area (Å²) in [6, 6.07) is 15.5. The molecule has 0 fully saturated rings. The SMILES string of the molecule is NC(=O)CSc1ccccc1NCc1ccccc1Cl. The molecule has 0 aliphatic rings. The van der Waals surface area contributed by atoms with Crippen LogP contribution in [-0.4, -0.2) is 11.7 Å². The molecule has 104 valence electrons. The van der Waals surface area contributed by atoms with Gasteiger partial charge in [0.15, 0.2) is 0 Å². The van der Waals surface area contributed by atoms with Crippen LogP contribution in [0.3, 0.4) is 0 Å². The molecular weight excluding hydrogens is 292 g/mol. The molecule has 0 spiro atoms. The van der Waals surface area contributed by atoms with Crippen molar-refractivity contribution in [2.45, 2.75) is 11.4 Å². The van der Waals surface area contributed by atoms with E-state index in [0.717, 1.165) is 21.2 Å². The number of rotatable bonds is 6. The molecule has 0 aliphatic heterocycles. The molecule has 0 saturated carbocycles. The van der Waals surface area contributed by atoms with Crippen molar-refractivity contribution in [3.05, 3.63) is 59.1 Å². The quantitative estimate of drug-likeness (QED) is 0.803. The second-order valence-electron chi connectivity index (χ2n) is 4.20. The number of thioether (sulfide) groups is 1. The highest BCUT2D eigenvalue weighted by molar-refractivity contribution is 8.00. The number of carbonyl (C=O) groups is 1. The lowest BCUT2D eigenvalue weighted by Gasteiger charge is -2.12. The fraction of sp³-hybridized carbons (Fsp3) is 0.133. The lowest BCUT2D eigenvalue weighted by molar-refractivity contribution is -0.115. The van der Waals surface area contributed by atoms with Gasteiger partial charge in [0, 0.05) is 22.2 Å². The van der Waals surface area contributed by atoms with E-state index in [2.05, 4.69) is 5.32 Å². The average molecular weight is 307 g/mol. The van der Waals surface area contributed by atoms with Crippen molar-refractivity contribution in [3.63, 3.8) is 0 Å². The van der Waals surface area contributed by atoms with Crippen LogP contribution >= 0.6 is 23.4 Å². The van der Waals surface area contributed by atoms with Crippen LogP contribution in [0.1, 0.15) is 5.56 Å². The molecule has 0 radical (unpaired) electrons. The molecule has 0 unspecified atom stereocenters. The van der Waals surface area contributed by atoms with Gasteiger partial charge in [-0.1, -0.05) is 41.9 Å². The van der Waals surface area contributed by atoms with Crippen molar-refractivity contribution in [2.75, 3.05) is 11.1 Å². The minimum Gasteiger partial charge on any atom is -0.380 e. The second kappa shape index (κ2) is 7.22. The topological polar surface area (TPSA) is 55.1 Å². The van der Waals surface area contributed by atoms with Gasteiger partial charge in [0.1, 0.15) is 0 Å². The summed E-state index contributed by atoms with van der Waals surface area (Å²) in [5.41, 5.74) is 7.18. The molecule has 0 heterocycles. The molecule has 0 atom stereocenters. The third-order valence-corrected chi connectivity index (χ3v) is 4.15. The number of nitrogens with two attached hydrogens (primary N) is 1. The molecule has 0 bridgehead atoms. The molecular formula is C15H15ClN2OS. The minimum absolute atomic E-state index is 0.269. The number of carbonyl (C=O) groups excluding carboxylic acids is 1. The maximum atomic E-state index is 10.9. The number of primary amides is 1. The van der Waals surface area contributed by atoms with Gasteiger partial charge in [-0.25, -0.2) is 0 Å². The van der Waals surface area contributed by atoms with Crippen LogP contribution in [0.25, 0.3) is 0 Å². The Morgan fingerprint density at radius 3 is 2.60 bits per heavy atom. The van der Waals surface area contributed by atoms with Crippen LogP contribution in [0.2, 0.25) is 5.02 Å². The molecule has 0 saturated heterocycles. The predicted molar refractivity (Wildman–Crippen MR) is 85.1 cm³/mol. The lowest BCUT2D eigenvalue weighted by atomic mass is 10.2. The van der Waals surface area contributed by atoms with Crippen LogP contribution in [-0.2, 0) is 11.3 Å². The highest BCUT2D eigenvalue weighted by Crippen LogP contribution is 2.27. The number of benzene rings is 2. The van der Waals surface area contributed by atoms with Gasteiger partial charge in [-0.2, -0.15) is 0 Å². The maximum absolute atomic E-state index is 10.9. The molecule has 2 aromatic rings. The van der Waals surface area contributed by atoms with E-state index in [0.29, 0.717) is 6.54 Å². The van der Waals surface area contributed by atoms with E-state index in [-0.39, 0.29) is 11.7 Å². The van der Waals surface area contributed by atoms with Gasteiger partial charge in [-0.05, 0) is 23.8 Å². The van der Waals surface area contributed by atoms with Crippen molar-refractivity contribution in [1.29, 1.82) is 0 Å². The van der Waals surface area contributed by atoms with E-state index >= 15 is 0 Å². The van der Waals surface area contributed by atoms with Gasteiger partial charge in [0.05, 0.1) is 5.75 Å². The summed E-state index contributed by atoms with van der Waals surface area (Å²) in [7, 11) is 0. The number of amides is 1. The summed E-state index contributed by atoms with van der Waals surface area (Å²) in [4.78, 5) is 11.9. The van der Waals surface area contributed by atoms with Gasteiger partial charge in [0.25, 0.3) is 0 Å². The van der Waals surface area contributed by atoms with Crippen molar-refractivity contribution in [2.24, 2.45) is 5.73 Å². The molecule has 0 aromatic heterocycles. The summed E-state index contributed by atoms with van der Waals surface area (Å²) in [5, 5.41) is 4.07. The van der Waals surface area contributed by atoms with E-state index in [9.17, 15) is 4.79 Å². The van der Waals surface area contributed by atoms with Crippen LogP contribution in [0, 0.1) is 0 Å². The highest BCUT2D eigenvalue weighted by Gasteiger charge is 2.05. The van der Waals surface area contributed by atoms with Gasteiger partial charge >= 0.3 is 0 Å². The van der Waals surface area contributed by atoms with Gasteiger partial charge in [-0.3, -0.25) is 4.79 Å². The second-order valence-corrected chi connectivity index (χ2v) is 5.62. The average Bonchev–Trinajstić information content (AvgIpc) is 2.45. The van der Waals surface area contributed by atoms with Crippen molar-refractivity contribution < 1.29 is 4.79 Å². The highest BCUT2D eigenvalue weighted by atomic mass is 35.5. The third-order valence-electron chi connectivity index (χ3n) is 2.68. The first kappa shape index (κ1) is 14.8. The Morgan fingerprint density at radius 2 is 1.85 bits per heavy atom. The summed E-state index contributed by atoms with van der Waals surface area (Å²) in [6.07, 6.45) is 0. The third kappa shape index (κ3) is 4.18. The Hall–Kier alpha value is -1.65. The first-order valence-electron chi connectivity index (χ1n) is 6.14. The smallest absolute Gasteiger partial charge is 0.227 e. The fourth-order valence-electron chi connectivity index (χ4n) is 1.72. The normalized spacial score (nSPS) is 10.2. The Morgan fingerprint density at radius 1 is 1.15 bits per heavy atom. The first-order chi connectivity index (χ1) is 9.66. The van der Waals surface area contributed by atoms with Gasteiger partial charge in [0.2, 0.25) is 5.91 Å². The lowest BCUT2D eigenvalue weighted by Crippen LogP contribution is -2.13. The van der Waals surface area contributed by atoms with E-state index in [1.165, 1.54) is 11.8 Å². The van der Waals surface area contributed by atoms with Crippen molar-refractivity contribution >= 4 is 35.0 Å². The number of hydrogen-bond acceptors (Lipinski definition) is 3. The monoisotopic (exact) mass is 306 g/mol. The first-order valence-corrected chi connectivity index (χ1v) is 7.50. The van der Waals surface area contributed by atoms with E-state index in [1.54, 1.807) is 0 Å². The summed E-state index contributed by atoms with van der Waals surface area (Å²) >= 11 is 7.55. The minimum atomic E-state index is -0.323. The van der Waals surface area contributed by atoms with E-state index in [4.69, 9.17) is 17.3 Å². The molecule has 2 aromatic carbocycles. The standard InChI is InChI=1S/C15H15ClN2OS/c16-12-6-2-1-5-11(12)9-18-13-7-3-4-8-14(13)20-10-15(17)19/h1-8,18H,9-10H2,(H2,17,19). The molecule has 0 aliphatic carbocycles. The fourth-order valence-corrected chi connectivity index (χ4v) is 2.69. The number of halogens is 1. The molecule has 1 amide bonds. The molecule has 2 rings (SSSR count). The number of nitrogens with one attached hydrogen (secondary N) is 1. The van der Waals surface area contributed by atoms with Crippen molar-refractivity contribution in [1.82, 2.24) is 0 Å². The van der Waals surface area contributed by atoms with Crippen LogP contribution < -0.4 is 11.1 Å². The molecule has 3 nitrogen and oxygen atoms in total. The maximum Gasteiger partial charge on any atom is 0.227 e. The Bertz CT molecular complexity index is 604. The van der Waals surface area contributed by atoms with Gasteiger partial charge in [-0.15, -0.1) is 11.8 Å². The molecule has 20 heavy (non-hydrogen) atoms. The molecule has 3 N–H and O–H groups in total. The van der Waals surface area contributed by atoms with E-state index < -0.39 is 0 Å². The molecule has 5 heteroatoms. The number of hydrogen-bond donors (Lipinski definition) is 2. The number of anilines is 1. The van der Waals surface area contributed by atoms with Crippen LogP contribution in [0.15, 0.2) is 53.4 Å².